The van der Waals surface area contributed by atoms with Crippen LogP contribution in [0.1, 0.15) is 37.7 Å². The Morgan fingerprint density at radius 2 is 2.06 bits per heavy atom. The summed E-state index contributed by atoms with van der Waals surface area (Å²) in [5.74, 6) is 0.181. The molecule has 0 aliphatic heterocycles. The lowest BCUT2D eigenvalue weighted by Crippen LogP contribution is -2.15. The summed E-state index contributed by atoms with van der Waals surface area (Å²) >= 11 is 5.32. The third-order valence-corrected chi connectivity index (χ3v) is 5.06. The van der Waals surface area contributed by atoms with E-state index in [1.54, 1.807) is 0 Å². The van der Waals surface area contributed by atoms with Crippen LogP contribution in [0.25, 0.3) is 0 Å². The molecule has 1 aromatic carbocycles. The van der Waals surface area contributed by atoms with Gasteiger partial charge in [0, 0.05) is 20.2 Å². The molecule has 1 saturated carbocycles. The Labute approximate surface area is 120 Å². The van der Waals surface area contributed by atoms with E-state index in [4.69, 9.17) is 10.9 Å². The largest absolute Gasteiger partial charge is 0.409 e. The van der Waals surface area contributed by atoms with E-state index >= 15 is 0 Å². The highest BCUT2D eigenvalue weighted by Crippen LogP contribution is 2.36. The van der Waals surface area contributed by atoms with Crippen molar-refractivity contribution in [1.29, 1.82) is 0 Å². The van der Waals surface area contributed by atoms with Crippen LogP contribution >= 0.6 is 27.7 Å². The molecule has 0 unspecified atom stereocenters. The van der Waals surface area contributed by atoms with E-state index in [2.05, 4.69) is 21.1 Å². The van der Waals surface area contributed by atoms with E-state index in [1.165, 1.54) is 32.1 Å². The summed E-state index contributed by atoms with van der Waals surface area (Å²) in [6.45, 7) is 0. The Hall–Kier alpha value is -0.680. The summed E-state index contributed by atoms with van der Waals surface area (Å²) in [6, 6.07) is 5.86. The molecular weight excluding hydrogens is 312 g/mol. The van der Waals surface area contributed by atoms with Gasteiger partial charge in [0.15, 0.2) is 5.84 Å². The molecule has 1 aliphatic rings. The molecular formula is C13H17BrN2OS. The summed E-state index contributed by atoms with van der Waals surface area (Å²) in [5.41, 5.74) is 6.54. The summed E-state index contributed by atoms with van der Waals surface area (Å²) in [6.07, 6.45) is 6.48. The van der Waals surface area contributed by atoms with Crippen LogP contribution in [0.3, 0.4) is 0 Å². The zero-order valence-electron chi connectivity index (χ0n) is 10.1. The predicted molar refractivity (Wildman–Crippen MR) is 79.4 cm³/mol. The first kappa shape index (κ1) is 13.7. The standard InChI is InChI=1S/C13H17BrN2OS/c14-9-6-7-11(13(15)16-17)12(8-9)18-10-4-2-1-3-5-10/h6-8,10,17H,1-5H2,(H2,15,16). The van der Waals surface area contributed by atoms with Crippen LogP contribution in [0.2, 0.25) is 0 Å². The fourth-order valence-electron chi connectivity index (χ4n) is 2.22. The Bertz CT molecular complexity index is 445. The van der Waals surface area contributed by atoms with Gasteiger partial charge in [-0.05, 0) is 31.0 Å². The van der Waals surface area contributed by atoms with Gasteiger partial charge in [0.1, 0.15) is 0 Å². The third-order valence-electron chi connectivity index (χ3n) is 3.17. The average molecular weight is 329 g/mol. The number of amidine groups is 1. The van der Waals surface area contributed by atoms with Crippen LogP contribution in [0.5, 0.6) is 0 Å². The predicted octanol–water partition coefficient (Wildman–Crippen LogP) is 3.97. The average Bonchev–Trinajstić information content (AvgIpc) is 2.39. The summed E-state index contributed by atoms with van der Waals surface area (Å²) < 4.78 is 1.02. The van der Waals surface area contributed by atoms with Gasteiger partial charge in [-0.2, -0.15) is 0 Å². The SMILES string of the molecule is N/C(=N/O)c1ccc(Br)cc1SC1CCCCC1. The van der Waals surface area contributed by atoms with Gasteiger partial charge in [-0.3, -0.25) is 0 Å². The number of nitrogens with zero attached hydrogens (tertiary/aromatic N) is 1. The minimum atomic E-state index is 0.181. The van der Waals surface area contributed by atoms with E-state index in [0.717, 1.165) is 14.9 Å². The quantitative estimate of drug-likeness (QED) is 0.382. The van der Waals surface area contributed by atoms with Crippen molar-refractivity contribution in [2.24, 2.45) is 10.9 Å². The lowest BCUT2D eigenvalue weighted by molar-refractivity contribution is 0.318. The first-order valence-electron chi connectivity index (χ1n) is 6.15. The van der Waals surface area contributed by atoms with Gasteiger partial charge in [0.05, 0.1) is 0 Å². The lowest BCUT2D eigenvalue weighted by Gasteiger charge is -2.22. The first-order chi connectivity index (χ1) is 8.70. The fourth-order valence-corrected chi connectivity index (χ4v) is 4.16. The van der Waals surface area contributed by atoms with Crippen molar-refractivity contribution >= 4 is 33.5 Å². The highest BCUT2D eigenvalue weighted by Gasteiger charge is 2.17. The second-order valence-electron chi connectivity index (χ2n) is 4.50. The van der Waals surface area contributed by atoms with Crippen molar-refractivity contribution in [3.8, 4) is 0 Å². The highest BCUT2D eigenvalue weighted by molar-refractivity contribution is 9.10. The number of hydrogen-bond donors (Lipinski definition) is 2. The molecule has 0 spiro atoms. The maximum absolute atomic E-state index is 8.83. The van der Waals surface area contributed by atoms with Crippen LogP contribution in [0.4, 0.5) is 0 Å². The molecule has 18 heavy (non-hydrogen) atoms. The molecule has 3 N–H and O–H groups in total. The number of halogens is 1. The molecule has 1 fully saturated rings. The zero-order valence-corrected chi connectivity index (χ0v) is 12.5. The number of nitrogens with two attached hydrogens (primary N) is 1. The molecule has 0 amide bonds. The van der Waals surface area contributed by atoms with Crippen molar-refractivity contribution in [2.45, 2.75) is 42.2 Å². The fraction of sp³-hybridized carbons (Fsp3) is 0.462. The second kappa shape index (κ2) is 6.48. The lowest BCUT2D eigenvalue weighted by atomic mass is 10.0. The van der Waals surface area contributed by atoms with Gasteiger partial charge >= 0.3 is 0 Å². The third kappa shape index (κ3) is 3.42. The molecule has 2 rings (SSSR count). The van der Waals surface area contributed by atoms with E-state index in [0.29, 0.717) is 5.25 Å². The maximum atomic E-state index is 8.83. The molecule has 5 heteroatoms. The molecule has 98 valence electrons. The first-order valence-corrected chi connectivity index (χ1v) is 7.82. The van der Waals surface area contributed by atoms with E-state index in [1.807, 2.05) is 30.0 Å². The molecule has 3 nitrogen and oxygen atoms in total. The summed E-state index contributed by atoms with van der Waals surface area (Å²) in [7, 11) is 0. The molecule has 0 saturated heterocycles. The van der Waals surface area contributed by atoms with Crippen molar-refractivity contribution < 1.29 is 5.21 Å². The summed E-state index contributed by atoms with van der Waals surface area (Å²) in [4.78, 5) is 1.09. The molecule has 0 atom stereocenters. The molecule has 0 heterocycles. The highest BCUT2D eigenvalue weighted by atomic mass is 79.9. The van der Waals surface area contributed by atoms with Gasteiger partial charge in [0.25, 0.3) is 0 Å². The Kier molecular flexibility index (Phi) is 4.95. The van der Waals surface area contributed by atoms with Gasteiger partial charge < -0.3 is 10.9 Å². The van der Waals surface area contributed by atoms with Crippen molar-refractivity contribution in [3.05, 3.63) is 28.2 Å². The molecule has 0 bridgehead atoms. The van der Waals surface area contributed by atoms with Gasteiger partial charge in [-0.15, -0.1) is 11.8 Å². The normalized spacial score (nSPS) is 17.9. The molecule has 1 aliphatic carbocycles. The zero-order chi connectivity index (χ0) is 13.0. The van der Waals surface area contributed by atoms with Gasteiger partial charge in [-0.25, -0.2) is 0 Å². The van der Waals surface area contributed by atoms with Crippen LogP contribution < -0.4 is 5.73 Å². The van der Waals surface area contributed by atoms with Crippen LogP contribution in [0.15, 0.2) is 32.7 Å². The van der Waals surface area contributed by atoms with Gasteiger partial charge in [-0.1, -0.05) is 40.3 Å². The smallest absolute Gasteiger partial charge is 0.171 e. The Morgan fingerprint density at radius 1 is 1.33 bits per heavy atom. The Balaban J connectivity index is 2.21. The van der Waals surface area contributed by atoms with Crippen molar-refractivity contribution in [1.82, 2.24) is 0 Å². The number of hydrogen-bond acceptors (Lipinski definition) is 3. The van der Waals surface area contributed by atoms with Crippen LogP contribution in [-0.2, 0) is 0 Å². The van der Waals surface area contributed by atoms with E-state index in [-0.39, 0.29) is 5.84 Å². The number of thioether (sulfide) groups is 1. The minimum Gasteiger partial charge on any atom is -0.409 e. The Morgan fingerprint density at radius 3 is 2.72 bits per heavy atom. The molecule has 0 radical (unpaired) electrons. The molecule has 0 aromatic heterocycles. The van der Waals surface area contributed by atoms with Crippen LogP contribution in [-0.4, -0.2) is 16.3 Å². The number of rotatable bonds is 3. The van der Waals surface area contributed by atoms with Crippen LogP contribution in [0, 0.1) is 0 Å². The van der Waals surface area contributed by atoms with Crippen molar-refractivity contribution in [3.63, 3.8) is 0 Å². The van der Waals surface area contributed by atoms with Crippen molar-refractivity contribution in [2.75, 3.05) is 0 Å². The topological polar surface area (TPSA) is 58.6 Å². The second-order valence-corrected chi connectivity index (χ2v) is 6.76. The monoisotopic (exact) mass is 328 g/mol. The van der Waals surface area contributed by atoms with Gasteiger partial charge in [0.2, 0.25) is 0 Å². The number of benzene rings is 1. The number of oxime groups is 1. The minimum absolute atomic E-state index is 0.181. The molecule has 1 aromatic rings. The summed E-state index contributed by atoms with van der Waals surface area (Å²) in [5, 5.41) is 12.6. The van der Waals surface area contributed by atoms with E-state index < -0.39 is 0 Å². The maximum Gasteiger partial charge on any atom is 0.171 e. The van der Waals surface area contributed by atoms with E-state index in [9.17, 15) is 0 Å².